The predicted molar refractivity (Wildman–Crippen MR) is 84.7 cm³/mol. The molecule has 0 saturated heterocycles. The van der Waals surface area contributed by atoms with Gasteiger partial charge in [0, 0.05) is 0 Å². The molecular formula is C18H14F2N2O3. The lowest BCUT2D eigenvalue weighted by atomic mass is 10.1. The van der Waals surface area contributed by atoms with Gasteiger partial charge in [0.15, 0.2) is 11.6 Å². The summed E-state index contributed by atoms with van der Waals surface area (Å²) in [6, 6.07) is 9.02. The molecule has 7 heteroatoms. The molecule has 0 fully saturated rings. The average Bonchev–Trinajstić information content (AvgIpc) is 2.82. The van der Waals surface area contributed by atoms with Crippen LogP contribution in [0.2, 0.25) is 0 Å². The van der Waals surface area contributed by atoms with E-state index in [1.54, 1.807) is 19.1 Å². The fourth-order valence-corrected chi connectivity index (χ4v) is 2.68. The van der Waals surface area contributed by atoms with Crippen molar-refractivity contribution < 1.29 is 23.2 Å². The molecular weight excluding hydrogens is 330 g/mol. The van der Waals surface area contributed by atoms with E-state index in [-0.39, 0.29) is 11.1 Å². The van der Waals surface area contributed by atoms with Crippen LogP contribution in [0.3, 0.4) is 0 Å². The van der Waals surface area contributed by atoms with Crippen LogP contribution >= 0.6 is 0 Å². The normalized spacial score (nSPS) is 14.4. The summed E-state index contributed by atoms with van der Waals surface area (Å²) in [6.45, 7) is 1.15. The highest BCUT2D eigenvalue weighted by atomic mass is 19.2. The molecule has 0 radical (unpaired) electrons. The van der Waals surface area contributed by atoms with Gasteiger partial charge in [-0.2, -0.15) is 0 Å². The number of halogens is 2. The van der Waals surface area contributed by atoms with Gasteiger partial charge in [0.25, 0.3) is 11.8 Å². The molecule has 3 rings (SSSR count). The van der Waals surface area contributed by atoms with Crippen LogP contribution in [0.25, 0.3) is 0 Å². The van der Waals surface area contributed by atoms with Crippen LogP contribution in [0.5, 0.6) is 0 Å². The number of amides is 3. The first-order valence-corrected chi connectivity index (χ1v) is 7.58. The van der Waals surface area contributed by atoms with Gasteiger partial charge in [0.1, 0.15) is 6.54 Å². The van der Waals surface area contributed by atoms with Gasteiger partial charge in [-0.3, -0.25) is 19.3 Å². The molecule has 3 amide bonds. The van der Waals surface area contributed by atoms with Gasteiger partial charge in [-0.25, -0.2) is 8.78 Å². The van der Waals surface area contributed by atoms with Gasteiger partial charge in [-0.05, 0) is 36.8 Å². The largest absolute Gasteiger partial charge is 0.348 e. The zero-order chi connectivity index (χ0) is 18.1. The van der Waals surface area contributed by atoms with Crippen LogP contribution in [0.15, 0.2) is 42.5 Å². The summed E-state index contributed by atoms with van der Waals surface area (Å²) in [6.07, 6.45) is 0. The van der Waals surface area contributed by atoms with E-state index >= 15 is 0 Å². The van der Waals surface area contributed by atoms with Crippen LogP contribution in [-0.4, -0.2) is 29.2 Å². The minimum absolute atomic E-state index is 0.258. The first-order chi connectivity index (χ1) is 11.9. The topological polar surface area (TPSA) is 66.5 Å². The van der Waals surface area contributed by atoms with E-state index in [2.05, 4.69) is 5.32 Å². The van der Waals surface area contributed by atoms with Crippen LogP contribution in [0, 0.1) is 11.6 Å². The fourth-order valence-electron chi connectivity index (χ4n) is 2.68. The van der Waals surface area contributed by atoms with E-state index in [9.17, 15) is 23.2 Å². The summed E-state index contributed by atoms with van der Waals surface area (Å²) in [5, 5.41) is 2.56. The molecule has 1 N–H and O–H groups in total. The number of nitrogens with zero attached hydrogens (tertiary/aromatic N) is 1. The molecule has 0 aliphatic carbocycles. The van der Waals surface area contributed by atoms with Gasteiger partial charge in [0.05, 0.1) is 17.2 Å². The molecule has 1 atom stereocenters. The first-order valence-electron chi connectivity index (χ1n) is 7.58. The standard InChI is InChI=1S/C18H14F2N2O3/c1-10(11-6-7-14(19)15(20)8-11)21-16(23)9-22-17(24)12-4-2-3-5-13(12)18(22)25/h2-8,10H,9H2,1H3,(H,21,23)/t10-/m1/s1. The molecule has 0 bridgehead atoms. The molecule has 0 saturated carbocycles. The summed E-state index contributed by atoms with van der Waals surface area (Å²) in [4.78, 5) is 37.4. The second-order valence-electron chi connectivity index (χ2n) is 5.70. The Hall–Kier alpha value is -3.09. The Kier molecular flexibility index (Phi) is 4.31. The molecule has 1 aliphatic rings. The Morgan fingerprint density at radius 1 is 1.04 bits per heavy atom. The van der Waals surface area contributed by atoms with Gasteiger partial charge in [-0.15, -0.1) is 0 Å². The number of hydrogen-bond donors (Lipinski definition) is 1. The summed E-state index contributed by atoms with van der Waals surface area (Å²) in [5.41, 5.74) is 0.887. The van der Waals surface area contributed by atoms with E-state index in [0.717, 1.165) is 17.0 Å². The summed E-state index contributed by atoms with van der Waals surface area (Å²) < 4.78 is 26.2. The quantitative estimate of drug-likeness (QED) is 0.867. The lowest BCUT2D eigenvalue weighted by molar-refractivity contribution is -0.122. The molecule has 1 heterocycles. The van der Waals surface area contributed by atoms with E-state index < -0.39 is 41.9 Å². The number of nitrogens with one attached hydrogen (secondary N) is 1. The Labute approximate surface area is 142 Å². The highest BCUT2D eigenvalue weighted by molar-refractivity contribution is 6.22. The Morgan fingerprint density at radius 3 is 2.20 bits per heavy atom. The van der Waals surface area contributed by atoms with Crippen LogP contribution in [0.4, 0.5) is 8.78 Å². The Bertz CT molecular complexity index is 847. The maximum Gasteiger partial charge on any atom is 0.262 e. The number of carbonyl (C=O) groups excluding carboxylic acids is 3. The van der Waals surface area contributed by atoms with Crippen molar-refractivity contribution in [1.29, 1.82) is 0 Å². The molecule has 0 aromatic heterocycles. The highest BCUT2D eigenvalue weighted by Gasteiger charge is 2.36. The molecule has 2 aromatic carbocycles. The first kappa shape index (κ1) is 16.8. The van der Waals surface area contributed by atoms with Gasteiger partial charge >= 0.3 is 0 Å². The van der Waals surface area contributed by atoms with Crippen molar-refractivity contribution in [2.75, 3.05) is 6.54 Å². The van der Waals surface area contributed by atoms with Gasteiger partial charge < -0.3 is 5.32 Å². The van der Waals surface area contributed by atoms with E-state index in [1.807, 2.05) is 0 Å². The molecule has 128 valence electrons. The van der Waals surface area contributed by atoms with Crippen molar-refractivity contribution in [3.8, 4) is 0 Å². The van der Waals surface area contributed by atoms with E-state index in [4.69, 9.17) is 0 Å². The second-order valence-corrected chi connectivity index (χ2v) is 5.70. The van der Waals surface area contributed by atoms with Crippen molar-refractivity contribution in [2.24, 2.45) is 0 Å². The number of rotatable bonds is 4. The van der Waals surface area contributed by atoms with Crippen LogP contribution in [-0.2, 0) is 4.79 Å². The summed E-state index contributed by atoms with van der Waals surface area (Å²) in [5.74, 6) is -3.63. The van der Waals surface area contributed by atoms with E-state index in [0.29, 0.717) is 5.56 Å². The van der Waals surface area contributed by atoms with Crippen LogP contribution in [0.1, 0.15) is 39.2 Å². The highest BCUT2D eigenvalue weighted by Crippen LogP contribution is 2.22. The number of carbonyl (C=O) groups is 3. The van der Waals surface area contributed by atoms with Crippen molar-refractivity contribution in [3.05, 3.63) is 70.8 Å². The lowest BCUT2D eigenvalue weighted by Crippen LogP contribution is -2.41. The predicted octanol–water partition coefficient (Wildman–Crippen LogP) is 2.44. The third-order valence-electron chi connectivity index (χ3n) is 4.00. The molecule has 1 aliphatic heterocycles. The van der Waals surface area contributed by atoms with Crippen molar-refractivity contribution >= 4 is 17.7 Å². The molecule has 0 spiro atoms. The summed E-state index contributed by atoms with van der Waals surface area (Å²) in [7, 11) is 0. The third kappa shape index (κ3) is 3.13. The Balaban J connectivity index is 1.68. The van der Waals surface area contributed by atoms with Crippen molar-refractivity contribution in [2.45, 2.75) is 13.0 Å². The molecule has 5 nitrogen and oxygen atoms in total. The Morgan fingerprint density at radius 2 is 1.64 bits per heavy atom. The molecule has 0 unspecified atom stereocenters. The maximum atomic E-state index is 13.3. The monoisotopic (exact) mass is 344 g/mol. The smallest absolute Gasteiger partial charge is 0.262 e. The van der Waals surface area contributed by atoms with E-state index in [1.165, 1.54) is 18.2 Å². The number of imide groups is 1. The second kappa shape index (κ2) is 6.43. The zero-order valence-corrected chi connectivity index (χ0v) is 13.3. The molecule has 25 heavy (non-hydrogen) atoms. The third-order valence-corrected chi connectivity index (χ3v) is 4.00. The average molecular weight is 344 g/mol. The van der Waals surface area contributed by atoms with Crippen LogP contribution < -0.4 is 5.32 Å². The minimum Gasteiger partial charge on any atom is -0.348 e. The van der Waals surface area contributed by atoms with Gasteiger partial charge in [0.2, 0.25) is 5.91 Å². The maximum absolute atomic E-state index is 13.3. The zero-order valence-electron chi connectivity index (χ0n) is 13.3. The number of hydrogen-bond acceptors (Lipinski definition) is 3. The van der Waals surface area contributed by atoms with Gasteiger partial charge in [-0.1, -0.05) is 18.2 Å². The fraction of sp³-hybridized carbons (Fsp3) is 0.167. The lowest BCUT2D eigenvalue weighted by Gasteiger charge is -2.18. The van der Waals surface area contributed by atoms with Crippen molar-refractivity contribution in [1.82, 2.24) is 10.2 Å². The minimum atomic E-state index is -1.01. The van der Waals surface area contributed by atoms with Crippen molar-refractivity contribution in [3.63, 3.8) is 0 Å². The number of benzene rings is 2. The number of fused-ring (bicyclic) bond motifs is 1. The SMILES string of the molecule is C[C@@H](NC(=O)CN1C(=O)c2ccccc2C1=O)c1ccc(F)c(F)c1. The molecule has 2 aromatic rings. The summed E-state index contributed by atoms with van der Waals surface area (Å²) >= 11 is 0.